The molecule has 0 amide bonds. The van der Waals surface area contributed by atoms with Crippen molar-refractivity contribution in [3.63, 3.8) is 0 Å². The second-order valence-corrected chi connectivity index (χ2v) is 4.35. The Bertz CT molecular complexity index is 504. The molecule has 6 heteroatoms. The molecule has 114 valence electrons. The summed E-state index contributed by atoms with van der Waals surface area (Å²) in [7, 11) is 0. The van der Waals surface area contributed by atoms with Crippen LogP contribution in [0.1, 0.15) is 19.4 Å². The summed E-state index contributed by atoms with van der Waals surface area (Å²) in [5.74, 6) is 1.43. The van der Waals surface area contributed by atoms with Crippen LogP contribution < -0.4 is 20.2 Å². The monoisotopic (exact) mass is 307 g/mol. The van der Waals surface area contributed by atoms with Crippen molar-refractivity contribution in [1.82, 2.24) is 10.7 Å². The minimum absolute atomic E-state index is 0.446. The molecule has 0 saturated carbocycles. The number of benzene rings is 1. The third kappa shape index (κ3) is 6.27. The number of hydrogen-bond donors (Lipinski definition) is 2. The average Bonchev–Trinajstić information content (AvgIpc) is 2.48. The predicted octanol–water partition coefficient (Wildman–Crippen LogP) is 2.47. The molecule has 2 N–H and O–H groups in total. The maximum absolute atomic E-state index is 5.55. The van der Waals surface area contributed by atoms with E-state index in [1.54, 1.807) is 12.3 Å². The van der Waals surface area contributed by atoms with E-state index in [-0.39, 0.29) is 0 Å². The van der Waals surface area contributed by atoms with Crippen LogP contribution in [0.4, 0.5) is 0 Å². The van der Waals surface area contributed by atoms with E-state index in [1.807, 2.05) is 32.0 Å². The lowest BCUT2D eigenvalue weighted by Crippen LogP contribution is -2.31. The Morgan fingerprint density at radius 3 is 2.67 bits per heavy atom. The van der Waals surface area contributed by atoms with E-state index in [4.69, 9.17) is 21.7 Å². The van der Waals surface area contributed by atoms with Gasteiger partial charge < -0.3 is 14.8 Å². The molecule has 1 rings (SSSR count). The lowest BCUT2D eigenvalue weighted by Gasteiger charge is -2.11. The Labute approximate surface area is 131 Å². The van der Waals surface area contributed by atoms with Crippen molar-refractivity contribution in [3.05, 3.63) is 36.4 Å². The fourth-order valence-electron chi connectivity index (χ4n) is 1.52. The molecular weight excluding hydrogens is 286 g/mol. The van der Waals surface area contributed by atoms with E-state index in [0.29, 0.717) is 30.6 Å². The van der Waals surface area contributed by atoms with Crippen molar-refractivity contribution >= 4 is 23.5 Å². The molecule has 0 spiro atoms. The largest absolute Gasteiger partial charge is 0.490 e. The molecule has 0 aliphatic heterocycles. The number of rotatable bonds is 8. The number of hydrazone groups is 1. The second kappa shape index (κ2) is 9.77. The number of nitrogens with zero attached hydrogens (tertiary/aromatic N) is 1. The zero-order valence-electron chi connectivity index (χ0n) is 12.4. The van der Waals surface area contributed by atoms with E-state index >= 15 is 0 Å². The van der Waals surface area contributed by atoms with Gasteiger partial charge in [-0.1, -0.05) is 6.08 Å². The van der Waals surface area contributed by atoms with E-state index in [0.717, 1.165) is 11.3 Å². The van der Waals surface area contributed by atoms with Crippen LogP contribution in [0.15, 0.2) is 36.0 Å². The molecule has 0 heterocycles. The summed E-state index contributed by atoms with van der Waals surface area (Å²) < 4.78 is 11.1. The molecule has 0 atom stereocenters. The quantitative estimate of drug-likeness (QED) is 0.334. The van der Waals surface area contributed by atoms with Crippen molar-refractivity contribution in [2.24, 2.45) is 5.10 Å². The van der Waals surface area contributed by atoms with Crippen LogP contribution in [0.2, 0.25) is 0 Å². The summed E-state index contributed by atoms with van der Waals surface area (Å²) in [6.45, 7) is 9.24. The predicted molar refractivity (Wildman–Crippen MR) is 90.3 cm³/mol. The molecule has 1 aromatic rings. The average molecular weight is 307 g/mol. The molecule has 0 bridgehead atoms. The van der Waals surface area contributed by atoms with Gasteiger partial charge in [-0.2, -0.15) is 5.10 Å². The van der Waals surface area contributed by atoms with Crippen molar-refractivity contribution in [2.75, 3.05) is 19.8 Å². The summed E-state index contributed by atoms with van der Waals surface area (Å²) in [6, 6.07) is 5.64. The van der Waals surface area contributed by atoms with Gasteiger partial charge in [0.15, 0.2) is 16.6 Å². The first-order chi connectivity index (χ1) is 10.2. The first-order valence-corrected chi connectivity index (χ1v) is 7.19. The minimum Gasteiger partial charge on any atom is -0.490 e. The van der Waals surface area contributed by atoms with Crippen molar-refractivity contribution in [2.45, 2.75) is 13.8 Å². The van der Waals surface area contributed by atoms with Gasteiger partial charge in [0.25, 0.3) is 0 Å². The second-order valence-electron chi connectivity index (χ2n) is 3.94. The molecule has 0 fully saturated rings. The number of ether oxygens (including phenoxy) is 2. The summed E-state index contributed by atoms with van der Waals surface area (Å²) in [4.78, 5) is 0. The van der Waals surface area contributed by atoms with E-state index in [9.17, 15) is 0 Å². The van der Waals surface area contributed by atoms with Crippen LogP contribution in [0, 0.1) is 0 Å². The van der Waals surface area contributed by atoms with E-state index in [2.05, 4.69) is 22.4 Å². The Hall–Kier alpha value is -2.08. The van der Waals surface area contributed by atoms with Gasteiger partial charge in [0.05, 0.1) is 19.4 Å². The standard InChI is InChI=1S/C15H21N3O2S/c1-4-9-16-15(21)18-17-11-12-7-8-13(19-5-2)14(10-12)20-6-3/h4,7-8,10-11H,1,5-6,9H2,2-3H3,(H2,16,18,21). The molecule has 5 nitrogen and oxygen atoms in total. The molecular formula is C15H21N3O2S. The van der Waals surface area contributed by atoms with Crippen molar-refractivity contribution < 1.29 is 9.47 Å². The molecule has 0 aromatic heterocycles. The lowest BCUT2D eigenvalue weighted by atomic mass is 10.2. The summed E-state index contributed by atoms with van der Waals surface area (Å²) >= 11 is 5.03. The molecule has 0 unspecified atom stereocenters. The smallest absolute Gasteiger partial charge is 0.187 e. The summed E-state index contributed by atoms with van der Waals surface area (Å²) in [6.07, 6.45) is 3.39. The van der Waals surface area contributed by atoms with Gasteiger partial charge in [0.2, 0.25) is 0 Å². The molecule has 0 saturated heterocycles. The Morgan fingerprint density at radius 2 is 2.00 bits per heavy atom. The van der Waals surface area contributed by atoms with Crippen LogP contribution in [-0.4, -0.2) is 31.1 Å². The highest BCUT2D eigenvalue weighted by Crippen LogP contribution is 2.27. The SMILES string of the molecule is C=CCNC(=S)NN=Cc1ccc(OCC)c(OCC)c1. The first-order valence-electron chi connectivity index (χ1n) is 6.78. The zero-order chi connectivity index (χ0) is 15.5. The van der Waals surface area contributed by atoms with Crippen LogP contribution >= 0.6 is 12.2 Å². The highest BCUT2D eigenvalue weighted by molar-refractivity contribution is 7.80. The van der Waals surface area contributed by atoms with Gasteiger partial charge >= 0.3 is 0 Å². The van der Waals surface area contributed by atoms with Gasteiger partial charge in [-0.3, -0.25) is 5.43 Å². The van der Waals surface area contributed by atoms with E-state index in [1.165, 1.54) is 0 Å². The Kier molecular flexibility index (Phi) is 7.89. The van der Waals surface area contributed by atoms with Gasteiger partial charge in [-0.15, -0.1) is 6.58 Å². The summed E-state index contributed by atoms with van der Waals surface area (Å²) in [5, 5.41) is 7.43. The van der Waals surface area contributed by atoms with E-state index < -0.39 is 0 Å². The van der Waals surface area contributed by atoms with Crippen LogP contribution in [-0.2, 0) is 0 Å². The molecule has 0 aliphatic carbocycles. The zero-order valence-corrected chi connectivity index (χ0v) is 13.2. The maximum Gasteiger partial charge on any atom is 0.187 e. The highest BCUT2D eigenvalue weighted by atomic mass is 32.1. The lowest BCUT2D eigenvalue weighted by molar-refractivity contribution is 0.288. The third-order valence-corrected chi connectivity index (χ3v) is 2.59. The fourth-order valence-corrected chi connectivity index (χ4v) is 1.65. The molecule has 0 aliphatic rings. The first kappa shape index (κ1) is 17.0. The molecule has 1 aromatic carbocycles. The van der Waals surface area contributed by atoms with Crippen LogP contribution in [0.3, 0.4) is 0 Å². The highest BCUT2D eigenvalue weighted by Gasteiger charge is 2.04. The minimum atomic E-state index is 0.446. The Balaban J connectivity index is 2.68. The normalized spacial score (nSPS) is 10.2. The Morgan fingerprint density at radius 1 is 1.29 bits per heavy atom. The third-order valence-electron chi connectivity index (χ3n) is 2.35. The van der Waals surface area contributed by atoms with Gasteiger partial charge in [0.1, 0.15) is 0 Å². The van der Waals surface area contributed by atoms with Gasteiger partial charge in [0, 0.05) is 6.54 Å². The summed E-state index contributed by atoms with van der Waals surface area (Å²) in [5.41, 5.74) is 3.62. The molecule has 0 radical (unpaired) electrons. The fraction of sp³-hybridized carbons (Fsp3) is 0.333. The number of thiocarbonyl (C=S) groups is 1. The maximum atomic E-state index is 5.55. The number of nitrogens with one attached hydrogen (secondary N) is 2. The van der Waals surface area contributed by atoms with Crippen LogP contribution in [0.25, 0.3) is 0 Å². The van der Waals surface area contributed by atoms with Gasteiger partial charge in [-0.25, -0.2) is 0 Å². The molecule has 21 heavy (non-hydrogen) atoms. The van der Waals surface area contributed by atoms with Crippen LogP contribution in [0.5, 0.6) is 11.5 Å². The van der Waals surface area contributed by atoms with Gasteiger partial charge in [-0.05, 0) is 49.8 Å². The van der Waals surface area contributed by atoms with Crippen molar-refractivity contribution in [3.8, 4) is 11.5 Å². The topological polar surface area (TPSA) is 54.9 Å². The van der Waals surface area contributed by atoms with Crippen molar-refractivity contribution in [1.29, 1.82) is 0 Å². The number of hydrogen-bond acceptors (Lipinski definition) is 4.